The van der Waals surface area contributed by atoms with Crippen molar-refractivity contribution in [2.75, 3.05) is 18.4 Å². The molecule has 1 aromatic rings. The van der Waals surface area contributed by atoms with Crippen LogP contribution in [0.1, 0.15) is 12.8 Å². The summed E-state index contributed by atoms with van der Waals surface area (Å²) in [7, 11) is 0. The molecule has 1 saturated heterocycles. The van der Waals surface area contributed by atoms with Crippen LogP contribution >= 0.6 is 12.4 Å². The van der Waals surface area contributed by atoms with Crippen LogP contribution in [0.4, 0.5) is 10.3 Å². The third-order valence-electron chi connectivity index (χ3n) is 2.29. The number of nitrogens with zero attached hydrogens (tertiary/aromatic N) is 2. The molecule has 0 aromatic carbocycles. The molecule has 0 aliphatic carbocycles. The Balaban J connectivity index is 0.00000112. The van der Waals surface area contributed by atoms with Crippen LogP contribution in [0.15, 0.2) is 12.4 Å². The molecular formula is C9H14ClFN4. The van der Waals surface area contributed by atoms with Crippen molar-refractivity contribution in [2.45, 2.75) is 18.9 Å². The summed E-state index contributed by atoms with van der Waals surface area (Å²) in [6.45, 7) is 2.03. The van der Waals surface area contributed by atoms with Crippen LogP contribution in [-0.4, -0.2) is 29.1 Å². The number of hydrogen-bond donors (Lipinski definition) is 2. The van der Waals surface area contributed by atoms with Crippen molar-refractivity contribution in [1.29, 1.82) is 0 Å². The Labute approximate surface area is 94.1 Å². The average molecular weight is 233 g/mol. The molecule has 1 aromatic heterocycles. The first kappa shape index (κ1) is 12.1. The molecule has 0 unspecified atom stereocenters. The zero-order valence-electron chi connectivity index (χ0n) is 8.24. The molecule has 0 spiro atoms. The lowest BCUT2D eigenvalue weighted by Crippen LogP contribution is -2.35. The maximum Gasteiger partial charge on any atom is 0.222 e. The molecule has 0 amide bonds. The van der Waals surface area contributed by atoms with Crippen LogP contribution in [0.2, 0.25) is 0 Å². The van der Waals surface area contributed by atoms with E-state index in [1.54, 1.807) is 0 Å². The fraction of sp³-hybridized carbons (Fsp3) is 0.556. The van der Waals surface area contributed by atoms with Crippen molar-refractivity contribution >= 4 is 18.4 Å². The third-order valence-corrected chi connectivity index (χ3v) is 2.29. The molecule has 6 heteroatoms. The number of hydrogen-bond acceptors (Lipinski definition) is 4. The van der Waals surface area contributed by atoms with Crippen molar-refractivity contribution in [1.82, 2.24) is 15.3 Å². The highest BCUT2D eigenvalue weighted by atomic mass is 35.5. The minimum atomic E-state index is -0.402. The minimum Gasteiger partial charge on any atom is -0.351 e. The fourth-order valence-electron chi connectivity index (χ4n) is 1.54. The van der Waals surface area contributed by atoms with Gasteiger partial charge in [0.25, 0.3) is 0 Å². The van der Waals surface area contributed by atoms with E-state index in [2.05, 4.69) is 20.6 Å². The van der Waals surface area contributed by atoms with Crippen LogP contribution in [0.25, 0.3) is 0 Å². The van der Waals surface area contributed by atoms with Gasteiger partial charge in [-0.05, 0) is 25.9 Å². The molecule has 1 fully saturated rings. The molecule has 4 nitrogen and oxygen atoms in total. The third kappa shape index (κ3) is 3.60. The summed E-state index contributed by atoms with van der Waals surface area (Å²) in [5.41, 5.74) is 0. The van der Waals surface area contributed by atoms with Gasteiger partial charge in [0.1, 0.15) is 0 Å². The van der Waals surface area contributed by atoms with E-state index in [-0.39, 0.29) is 12.4 Å². The molecule has 0 saturated carbocycles. The second-order valence-corrected chi connectivity index (χ2v) is 3.39. The van der Waals surface area contributed by atoms with E-state index < -0.39 is 5.82 Å². The number of anilines is 1. The smallest absolute Gasteiger partial charge is 0.222 e. The summed E-state index contributed by atoms with van der Waals surface area (Å²) in [5.74, 6) is 0.110. The summed E-state index contributed by atoms with van der Waals surface area (Å²) in [4.78, 5) is 7.71. The average Bonchev–Trinajstić information content (AvgIpc) is 2.23. The second kappa shape index (κ2) is 5.82. The Morgan fingerprint density at radius 3 is 2.47 bits per heavy atom. The lowest BCUT2D eigenvalue weighted by molar-refractivity contribution is 0.476. The van der Waals surface area contributed by atoms with E-state index >= 15 is 0 Å². The highest BCUT2D eigenvalue weighted by Crippen LogP contribution is 2.08. The van der Waals surface area contributed by atoms with E-state index in [9.17, 15) is 4.39 Å². The van der Waals surface area contributed by atoms with Crippen LogP contribution in [0.5, 0.6) is 0 Å². The van der Waals surface area contributed by atoms with Crippen molar-refractivity contribution in [3.05, 3.63) is 18.2 Å². The standard InChI is InChI=1S/C9H13FN4.ClH/c10-7-5-12-9(13-6-7)14-8-1-3-11-4-2-8;/h5-6,8,11H,1-4H2,(H,12,13,14);1H. The van der Waals surface area contributed by atoms with Gasteiger partial charge in [-0.15, -0.1) is 12.4 Å². The maximum absolute atomic E-state index is 12.5. The molecule has 15 heavy (non-hydrogen) atoms. The molecule has 1 aliphatic heterocycles. The zero-order valence-corrected chi connectivity index (χ0v) is 9.06. The Morgan fingerprint density at radius 2 is 1.87 bits per heavy atom. The van der Waals surface area contributed by atoms with Crippen molar-refractivity contribution in [2.24, 2.45) is 0 Å². The Kier molecular flexibility index (Phi) is 4.71. The van der Waals surface area contributed by atoms with Crippen molar-refractivity contribution in [3.63, 3.8) is 0 Å². The first-order valence-electron chi connectivity index (χ1n) is 4.79. The Morgan fingerprint density at radius 1 is 1.27 bits per heavy atom. The van der Waals surface area contributed by atoms with E-state index in [0.29, 0.717) is 12.0 Å². The summed E-state index contributed by atoms with van der Waals surface area (Å²) in [6, 6.07) is 0.404. The van der Waals surface area contributed by atoms with E-state index in [4.69, 9.17) is 0 Å². The van der Waals surface area contributed by atoms with Crippen LogP contribution in [0, 0.1) is 5.82 Å². The molecule has 84 valence electrons. The van der Waals surface area contributed by atoms with E-state index in [0.717, 1.165) is 25.9 Å². The van der Waals surface area contributed by atoms with Gasteiger partial charge in [-0.3, -0.25) is 0 Å². The second-order valence-electron chi connectivity index (χ2n) is 3.39. The van der Waals surface area contributed by atoms with Gasteiger partial charge in [-0.25, -0.2) is 14.4 Å². The van der Waals surface area contributed by atoms with Crippen molar-refractivity contribution in [3.8, 4) is 0 Å². The minimum absolute atomic E-state index is 0. The SMILES string of the molecule is Cl.Fc1cnc(NC2CCNCC2)nc1. The molecule has 1 aliphatic rings. The summed E-state index contributed by atoms with van der Waals surface area (Å²) in [6.07, 6.45) is 4.47. The molecular weight excluding hydrogens is 219 g/mol. The number of piperidine rings is 1. The van der Waals surface area contributed by atoms with Gasteiger partial charge in [0.05, 0.1) is 12.4 Å². The Hall–Kier alpha value is -0.940. The topological polar surface area (TPSA) is 49.8 Å². The van der Waals surface area contributed by atoms with Gasteiger partial charge >= 0.3 is 0 Å². The molecule has 0 radical (unpaired) electrons. The van der Waals surface area contributed by atoms with Crippen LogP contribution in [0.3, 0.4) is 0 Å². The lowest BCUT2D eigenvalue weighted by Gasteiger charge is -2.23. The van der Waals surface area contributed by atoms with Crippen molar-refractivity contribution < 1.29 is 4.39 Å². The normalized spacial score (nSPS) is 16.9. The van der Waals surface area contributed by atoms with Gasteiger partial charge < -0.3 is 10.6 Å². The van der Waals surface area contributed by atoms with Gasteiger partial charge in [-0.2, -0.15) is 0 Å². The molecule has 2 N–H and O–H groups in total. The van der Waals surface area contributed by atoms with E-state index in [1.807, 2.05) is 0 Å². The van der Waals surface area contributed by atoms with Gasteiger partial charge in [0, 0.05) is 6.04 Å². The summed E-state index contributed by atoms with van der Waals surface area (Å²) >= 11 is 0. The van der Waals surface area contributed by atoms with Gasteiger partial charge in [0.15, 0.2) is 5.82 Å². The quantitative estimate of drug-likeness (QED) is 0.805. The predicted octanol–water partition coefficient (Wildman–Crippen LogP) is 1.20. The predicted molar refractivity (Wildman–Crippen MR) is 58.8 cm³/mol. The van der Waals surface area contributed by atoms with E-state index in [1.165, 1.54) is 12.4 Å². The number of halogens is 2. The highest BCUT2D eigenvalue weighted by Gasteiger charge is 2.13. The monoisotopic (exact) mass is 232 g/mol. The Bertz CT molecular complexity index is 287. The zero-order chi connectivity index (χ0) is 9.80. The number of nitrogens with one attached hydrogen (secondary N) is 2. The molecule has 0 bridgehead atoms. The number of aromatic nitrogens is 2. The summed E-state index contributed by atoms with van der Waals surface area (Å²) in [5, 5.41) is 6.45. The first-order chi connectivity index (χ1) is 6.84. The van der Waals surface area contributed by atoms with Gasteiger partial charge in [0.2, 0.25) is 5.95 Å². The first-order valence-corrected chi connectivity index (χ1v) is 4.79. The maximum atomic E-state index is 12.5. The molecule has 2 heterocycles. The van der Waals surface area contributed by atoms with Crippen LogP contribution in [-0.2, 0) is 0 Å². The number of rotatable bonds is 2. The highest BCUT2D eigenvalue weighted by molar-refractivity contribution is 5.85. The lowest BCUT2D eigenvalue weighted by atomic mass is 10.1. The molecule has 2 rings (SSSR count). The van der Waals surface area contributed by atoms with Gasteiger partial charge in [-0.1, -0.05) is 0 Å². The molecule has 0 atom stereocenters. The summed E-state index contributed by atoms with van der Waals surface area (Å²) < 4.78 is 12.5. The largest absolute Gasteiger partial charge is 0.351 e. The van der Waals surface area contributed by atoms with Crippen LogP contribution < -0.4 is 10.6 Å². The fourth-order valence-corrected chi connectivity index (χ4v) is 1.54.